The molecule has 0 spiro atoms. The first-order valence-corrected chi connectivity index (χ1v) is 5.42. The molecule has 0 saturated heterocycles. The molecule has 15 heavy (non-hydrogen) atoms. The number of hydrogen-bond acceptors (Lipinski definition) is 4. The monoisotopic (exact) mass is 210 g/mol. The fraction of sp³-hybridized carbons (Fsp3) is 0.800. The van der Waals surface area contributed by atoms with Crippen LogP contribution in [0, 0.1) is 0 Å². The van der Waals surface area contributed by atoms with Gasteiger partial charge in [-0.15, -0.1) is 5.10 Å². The SMILES string of the molecule is COCC(C)n1cc(CNC2CC2)nn1. The van der Waals surface area contributed by atoms with Gasteiger partial charge in [-0.1, -0.05) is 5.21 Å². The largest absolute Gasteiger partial charge is 0.382 e. The maximum Gasteiger partial charge on any atom is 0.0965 e. The molecule has 0 aliphatic heterocycles. The van der Waals surface area contributed by atoms with Gasteiger partial charge in [0.05, 0.1) is 24.5 Å². The zero-order valence-electron chi connectivity index (χ0n) is 9.31. The van der Waals surface area contributed by atoms with Gasteiger partial charge in [0, 0.05) is 19.7 Å². The van der Waals surface area contributed by atoms with Crippen LogP contribution in [0.3, 0.4) is 0 Å². The molecule has 0 bridgehead atoms. The lowest BCUT2D eigenvalue weighted by molar-refractivity contribution is 0.156. The van der Waals surface area contributed by atoms with Gasteiger partial charge in [-0.05, 0) is 19.8 Å². The number of aromatic nitrogens is 3. The maximum absolute atomic E-state index is 5.07. The summed E-state index contributed by atoms with van der Waals surface area (Å²) in [4.78, 5) is 0. The highest BCUT2D eigenvalue weighted by Crippen LogP contribution is 2.19. The Labute approximate surface area is 89.8 Å². The summed E-state index contributed by atoms with van der Waals surface area (Å²) in [5.74, 6) is 0. The highest BCUT2D eigenvalue weighted by Gasteiger charge is 2.20. The number of ether oxygens (including phenoxy) is 1. The lowest BCUT2D eigenvalue weighted by atomic mass is 10.3. The summed E-state index contributed by atoms with van der Waals surface area (Å²) in [7, 11) is 1.70. The van der Waals surface area contributed by atoms with E-state index >= 15 is 0 Å². The van der Waals surface area contributed by atoms with E-state index < -0.39 is 0 Å². The van der Waals surface area contributed by atoms with E-state index in [1.54, 1.807) is 7.11 Å². The van der Waals surface area contributed by atoms with Crippen molar-refractivity contribution in [3.8, 4) is 0 Å². The topological polar surface area (TPSA) is 52.0 Å². The van der Waals surface area contributed by atoms with Crippen molar-refractivity contribution in [3.05, 3.63) is 11.9 Å². The van der Waals surface area contributed by atoms with Crippen LogP contribution in [0.4, 0.5) is 0 Å². The van der Waals surface area contributed by atoms with Gasteiger partial charge in [0.15, 0.2) is 0 Å². The van der Waals surface area contributed by atoms with Gasteiger partial charge >= 0.3 is 0 Å². The summed E-state index contributed by atoms with van der Waals surface area (Å²) < 4.78 is 6.93. The number of rotatable bonds is 6. The van der Waals surface area contributed by atoms with Crippen LogP contribution in [0.15, 0.2) is 6.20 Å². The molecule has 0 amide bonds. The molecule has 0 radical (unpaired) electrons. The van der Waals surface area contributed by atoms with E-state index in [0.29, 0.717) is 12.6 Å². The molecule has 5 heteroatoms. The molecular weight excluding hydrogens is 192 g/mol. The quantitative estimate of drug-likeness (QED) is 0.752. The van der Waals surface area contributed by atoms with E-state index in [-0.39, 0.29) is 6.04 Å². The minimum atomic E-state index is 0.247. The van der Waals surface area contributed by atoms with Crippen LogP contribution in [0.2, 0.25) is 0 Å². The van der Waals surface area contributed by atoms with Gasteiger partial charge < -0.3 is 10.1 Å². The van der Waals surface area contributed by atoms with Gasteiger partial charge in [-0.2, -0.15) is 0 Å². The van der Waals surface area contributed by atoms with E-state index in [4.69, 9.17) is 4.74 Å². The third-order valence-electron chi connectivity index (χ3n) is 2.57. The Balaban J connectivity index is 1.84. The first-order chi connectivity index (χ1) is 7.29. The van der Waals surface area contributed by atoms with E-state index in [1.807, 2.05) is 10.9 Å². The summed E-state index contributed by atoms with van der Waals surface area (Å²) in [5, 5.41) is 11.6. The average molecular weight is 210 g/mol. The molecule has 1 unspecified atom stereocenters. The highest BCUT2D eigenvalue weighted by molar-refractivity contribution is 4.94. The minimum Gasteiger partial charge on any atom is -0.382 e. The standard InChI is InChI=1S/C10H18N4O/c1-8(7-15-2)14-6-10(12-13-14)5-11-9-3-4-9/h6,8-9,11H,3-5,7H2,1-2H3. The van der Waals surface area contributed by atoms with Crippen molar-refractivity contribution in [1.82, 2.24) is 20.3 Å². The van der Waals surface area contributed by atoms with Crippen LogP contribution in [-0.2, 0) is 11.3 Å². The number of nitrogens with zero attached hydrogens (tertiary/aromatic N) is 3. The first kappa shape index (κ1) is 10.6. The lowest BCUT2D eigenvalue weighted by Gasteiger charge is -2.08. The first-order valence-electron chi connectivity index (χ1n) is 5.42. The molecule has 5 nitrogen and oxygen atoms in total. The van der Waals surface area contributed by atoms with Crippen LogP contribution in [0.25, 0.3) is 0 Å². The Morgan fingerprint density at radius 2 is 2.47 bits per heavy atom. The molecule has 1 aromatic rings. The van der Waals surface area contributed by atoms with Crippen molar-refractivity contribution in [2.24, 2.45) is 0 Å². The van der Waals surface area contributed by atoms with E-state index in [0.717, 1.165) is 12.2 Å². The zero-order chi connectivity index (χ0) is 10.7. The van der Waals surface area contributed by atoms with Crippen LogP contribution in [-0.4, -0.2) is 34.8 Å². The summed E-state index contributed by atoms with van der Waals surface area (Å²) in [6, 6.07) is 0.962. The average Bonchev–Trinajstić information content (AvgIpc) is 2.93. The summed E-state index contributed by atoms with van der Waals surface area (Å²) >= 11 is 0. The normalized spacial score (nSPS) is 18.0. The third-order valence-corrected chi connectivity index (χ3v) is 2.57. The highest BCUT2D eigenvalue weighted by atomic mass is 16.5. The molecule has 84 valence electrons. The van der Waals surface area contributed by atoms with Gasteiger partial charge in [-0.3, -0.25) is 0 Å². The fourth-order valence-corrected chi connectivity index (χ4v) is 1.46. The van der Waals surface area contributed by atoms with Gasteiger partial charge in [0.1, 0.15) is 0 Å². The Bertz CT molecular complexity index is 308. The Hall–Kier alpha value is -0.940. The molecule has 1 fully saturated rings. The van der Waals surface area contributed by atoms with Crippen molar-refractivity contribution < 1.29 is 4.74 Å². The Kier molecular flexibility index (Phi) is 3.33. The predicted octanol–water partition coefficient (Wildman–Crippen LogP) is 0.737. The van der Waals surface area contributed by atoms with E-state index in [1.165, 1.54) is 12.8 Å². The van der Waals surface area contributed by atoms with Crippen LogP contribution in [0.5, 0.6) is 0 Å². The van der Waals surface area contributed by atoms with Crippen LogP contribution in [0.1, 0.15) is 31.5 Å². The lowest BCUT2D eigenvalue weighted by Crippen LogP contribution is -2.15. The molecule has 0 aromatic carbocycles. The van der Waals surface area contributed by atoms with E-state index in [9.17, 15) is 0 Å². The molecule has 1 aliphatic carbocycles. The summed E-state index contributed by atoms with van der Waals surface area (Å²) in [6.45, 7) is 3.56. The third kappa shape index (κ3) is 3.00. The minimum absolute atomic E-state index is 0.247. The second-order valence-electron chi connectivity index (χ2n) is 4.15. The molecule has 1 saturated carbocycles. The molecule has 1 aromatic heterocycles. The number of hydrogen-bond donors (Lipinski definition) is 1. The molecule has 1 heterocycles. The molecule has 1 atom stereocenters. The second-order valence-corrected chi connectivity index (χ2v) is 4.15. The van der Waals surface area contributed by atoms with Gasteiger partial charge in [-0.25, -0.2) is 4.68 Å². The number of nitrogens with one attached hydrogen (secondary N) is 1. The van der Waals surface area contributed by atoms with E-state index in [2.05, 4.69) is 22.6 Å². The smallest absolute Gasteiger partial charge is 0.0965 e. The van der Waals surface area contributed by atoms with Crippen LogP contribution < -0.4 is 5.32 Å². The second kappa shape index (κ2) is 4.72. The van der Waals surface area contributed by atoms with Gasteiger partial charge in [0.25, 0.3) is 0 Å². The molecular formula is C10H18N4O. The van der Waals surface area contributed by atoms with Crippen molar-refractivity contribution in [3.63, 3.8) is 0 Å². The van der Waals surface area contributed by atoms with Gasteiger partial charge in [0.2, 0.25) is 0 Å². The molecule has 1 N–H and O–H groups in total. The molecule has 1 aliphatic rings. The predicted molar refractivity (Wildman–Crippen MR) is 56.5 cm³/mol. The number of methoxy groups -OCH3 is 1. The Morgan fingerprint density at radius 1 is 1.67 bits per heavy atom. The Morgan fingerprint density at radius 3 is 3.13 bits per heavy atom. The van der Waals surface area contributed by atoms with Crippen molar-refractivity contribution in [2.45, 2.75) is 38.4 Å². The fourth-order valence-electron chi connectivity index (χ4n) is 1.46. The van der Waals surface area contributed by atoms with Crippen molar-refractivity contribution in [2.75, 3.05) is 13.7 Å². The van der Waals surface area contributed by atoms with Crippen LogP contribution >= 0.6 is 0 Å². The maximum atomic E-state index is 5.07. The molecule has 2 rings (SSSR count). The summed E-state index contributed by atoms with van der Waals surface area (Å²) in [5.41, 5.74) is 1.00. The summed E-state index contributed by atoms with van der Waals surface area (Å²) in [6.07, 6.45) is 4.58. The van der Waals surface area contributed by atoms with Crippen molar-refractivity contribution in [1.29, 1.82) is 0 Å². The van der Waals surface area contributed by atoms with Crippen molar-refractivity contribution >= 4 is 0 Å². The zero-order valence-corrected chi connectivity index (χ0v) is 9.31.